The topological polar surface area (TPSA) is 101 Å². The molecule has 0 saturated carbocycles. The van der Waals surface area contributed by atoms with E-state index in [0.717, 1.165) is 4.90 Å². The maximum atomic E-state index is 12.5. The molecule has 3 rings (SSSR count). The van der Waals surface area contributed by atoms with E-state index in [2.05, 4.69) is 0 Å². The molecule has 1 aliphatic rings. The molecule has 0 bridgehead atoms. The largest absolute Gasteiger partial charge is 0.459 e. The summed E-state index contributed by atoms with van der Waals surface area (Å²) in [5, 5.41) is 9.24. The van der Waals surface area contributed by atoms with Gasteiger partial charge < -0.3 is 9.15 Å². The first-order valence-corrected chi connectivity index (χ1v) is 9.29. The van der Waals surface area contributed by atoms with Crippen LogP contribution >= 0.6 is 0 Å². The summed E-state index contributed by atoms with van der Waals surface area (Å²) in [6.07, 6.45) is 1.27. The minimum Gasteiger partial charge on any atom is -0.459 e. The highest BCUT2D eigenvalue weighted by Gasteiger charge is 2.33. The van der Waals surface area contributed by atoms with Gasteiger partial charge in [0, 0.05) is 18.2 Å². The van der Waals surface area contributed by atoms with Crippen LogP contribution in [0.3, 0.4) is 0 Å². The lowest BCUT2D eigenvalue weighted by Gasteiger charge is -2.23. The zero-order valence-electron chi connectivity index (χ0n) is 17.1. The highest BCUT2D eigenvalue weighted by molar-refractivity contribution is 6.19. The second-order valence-electron chi connectivity index (χ2n) is 7.08. The van der Waals surface area contributed by atoms with Crippen LogP contribution in [0, 0.1) is 11.3 Å². The van der Waals surface area contributed by atoms with Gasteiger partial charge in [0.15, 0.2) is 0 Å². The molecule has 0 radical (unpaired) electrons. The molecule has 1 aliphatic heterocycles. The fourth-order valence-corrected chi connectivity index (χ4v) is 3.01. The van der Waals surface area contributed by atoms with E-state index in [9.17, 15) is 19.6 Å². The van der Waals surface area contributed by atoms with E-state index >= 15 is 0 Å². The molecule has 7 heteroatoms. The van der Waals surface area contributed by atoms with E-state index in [1.54, 1.807) is 57.2 Å². The number of carbonyl (C=O) groups is 3. The molecule has 0 N–H and O–H groups in total. The summed E-state index contributed by atoms with van der Waals surface area (Å²) in [5.41, 5.74) is 1.51. The van der Waals surface area contributed by atoms with Gasteiger partial charge in [-0.1, -0.05) is 12.1 Å². The smallest absolute Gasteiger partial charge is 0.338 e. The Bertz CT molecular complexity index is 1140. The van der Waals surface area contributed by atoms with Crippen LogP contribution in [0.2, 0.25) is 0 Å². The molecule has 7 nitrogen and oxygen atoms in total. The summed E-state index contributed by atoms with van der Waals surface area (Å²) < 4.78 is 11.0. The minimum atomic E-state index is -0.623. The van der Waals surface area contributed by atoms with E-state index in [1.165, 1.54) is 13.1 Å². The molecular formula is C23H20N2O5. The molecule has 152 valence electrons. The van der Waals surface area contributed by atoms with Gasteiger partial charge in [-0.05, 0) is 56.7 Å². The van der Waals surface area contributed by atoms with Crippen LogP contribution < -0.4 is 0 Å². The summed E-state index contributed by atoms with van der Waals surface area (Å²) >= 11 is 0. The van der Waals surface area contributed by atoms with Crippen LogP contribution in [-0.4, -0.2) is 35.8 Å². The maximum Gasteiger partial charge on any atom is 0.338 e. The molecule has 1 aromatic carbocycles. The van der Waals surface area contributed by atoms with Gasteiger partial charge in [-0.2, -0.15) is 5.26 Å². The van der Waals surface area contributed by atoms with E-state index in [-0.39, 0.29) is 17.3 Å². The predicted molar refractivity (Wildman–Crippen MR) is 109 cm³/mol. The number of benzene rings is 1. The molecule has 2 heterocycles. The number of esters is 1. The maximum absolute atomic E-state index is 12.5. The van der Waals surface area contributed by atoms with Crippen molar-refractivity contribution < 1.29 is 23.5 Å². The van der Waals surface area contributed by atoms with E-state index in [0.29, 0.717) is 28.2 Å². The van der Waals surface area contributed by atoms with Crippen molar-refractivity contribution in [2.24, 2.45) is 0 Å². The number of nitrogens with zero attached hydrogens (tertiary/aromatic N) is 2. The summed E-state index contributed by atoms with van der Waals surface area (Å²) in [6.45, 7) is 5.11. The number of hydrogen-bond donors (Lipinski definition) is 0. The Labute approximate surface area is 173 Å². The van der Waals surface area contributed by atoms with Crippen LogP contribution in [0.15, 0.2) is 57.5 Å². The van der Waals surface area contributed by atoms with Gasteiger partial charge in [0.25, 0.3) is 11.8 Å². The quantitative estimate of drug-likeness (QED) is 0.437. The van der Waals surface area contributed by atoms with E-state index in [1.807, 2.05) is 6.07 Å². The fraction of sp³-hybridized carbons (Fsp3) is 0.217. The highest BCUT2D eigenvalue weighted by atomic mass is 16.5. The SMILES string of the molecule is CC1=C(C#N)C(=O)N(C)C(=O)/C1=C\c1ccc(-c2cccc(C(=O)OC(C)C)c2)o1. The second kappa shape index (κ2) is 8.21. The van der Waals surface area contributed by atoms with E-state index < -0.39 is 17.8 Å². The van der Waals surface area contributed by atoms with Crippen molar-refractivity contribution in [3.63, 3.8) is 0 Å². The molecule has 0 atom stereocenters. The zero-order chi connectivity index (χ0) is 22.0. The molecule has 2 aromatic rings. The molecule has 0 saturated heterocycles. The van der Waals surface area contributed by atoms with Crippen LogP contribution in [-0.2, 0) is 14.3 Å². The number of rotatable bonds is 4. The lowest BCUT2D eigenvalue weighted by Crippen LogP contribution is -2.39. The summed E-state index contributed by atoms with van der Waals surface area (Å²) in [5.74, 6) is -0.680. The van der Waals surface area contributed by atoms with Gasteiger partial charge in [0.1, 0.15) is 23.2 Å². The first kappa shape index (κ1) is 20.8. The van der Waals surface area contributed by atoms with Gasteiger partial charge >= 0.3 is 5.97 Å². The Morgan fingerprint density at radius 3 is 2.60 bits per heavy atom. The van der Waals surface area contributed by atoms with Crippen molar-refractivity contribution in [1.29, 1.82) is 5.26 Å². The number of amides is 2. The van der Waals surface area contributed by atoms with Crippen LogP contribution in [0.5, 0.6) is 0 Å². The predicted octanol–water partition coefficient (Wildman–Crippen LogP) is 3.73. The lowest BCUT2D eigenvalue weighted by atomic mass is 9.95. The number of hydrogen-bond acceptors (Lipinski definition) is 6. The number of likely N-dealkylation sites (N-methyl/N-ethyl adjacent to an activating group) is 1. The first-order chi connectivity index (χ1) is 14.2. The first-order valence-electron chi connectivity index (χ1n) is 9.29. The molecule has 0 aliphatic carbocycles. The van der Waals surface area contributed by atoms with Crippen molar-refractivity contribution in [2.45, 2.75) is 26.9 Å². The molecule has 0 fully saturated rings. The Balaban J connectivity index is 1.95. The van der Waals surface area contributed by atoms with Crippen molar-refractivity contribution in [1.82, 2.24) is 4.90 Å². The molecule has 0 unspecified atom stereocenters. The van der Waals surface area contributed by atoms with Gasteiger partial charge in [-0.15, -0.1) is 0 Å². The summed E-state index contributed by atoms with van der Waals surface area (Å²) in [4.78, 5) is 37.6. The number of imide groups is 1. The molecular weight excluding hydrogens is 384 g/mol. The second-order valence-corrected chi connectivity index (χ2v) is 7.08. The normalized spacial score (nSPS) is 15.7. The average molecular weight is 404 g/mol. The minimum absolute atomic E-state index is 0.0773. The Morgan fingerprint density at radius 1 is 1.20 bits per heavy atom. The Hall–Kier alpha value is -3.92. The molecule has 2 amide bonds. The summed E-state index contributed by atoms with van der Waals surface area (Å²) in [7, 11) is 1.33. The lowest BCUT2D eigenvalue weighted by molar-refractivity contribution is -0.138. The average Bonchev–Trinajstić information content (AvgIpc) is 3.18. The van der Waals surface area contributed by atoms with Crippen LogP contribution in [0.4, 0.5) is 0 Å². The number of carbonyl (C=O) groups excluding carboxylic acids is 3. The molecule has 1 aromatic heterocycles. The third kappa shape index (κ3) is 3.94. The van der Waals surface area contributed by atoms with Gasteiger partial charge in [-0.3, -0.25) is 14.5 Å². The standard InChI is InChI=1S/C23H20N2O5/c1-13(2)29-23(28)16-7-5-6-15(10-16)20-9-8-17(30-20)11-18-14(3)19(12-24)22(27)25(4)21(18)26/h5-11,13H,1-4H3/b18-11-. The summed E-state index contributed by atoms with van der Waals surface area (Å²) in [6, 6.07) is 12.1. The van der Waals surface area contributed by atoms with Gasteiger partial charge in [0.05, 0.1) is 11.7 Å². The van der Waals surface area contributed by atoms with Crippen molar-refractivity contribution in [3.05, 3.63) is 64.4 Å². The highest BCUT2D eigenvalue weighted by Crippen LogP contribution is 2.29. The fourth-order valence-electron chi connectivity index (χ4n) is 3.01. The van der Waals surface area contributed by atoms with E-state index in [4.69, 9.17) is 9.15 Å². The Kier molecular flexibility index (Phi) is 5.70. The third-order valence-electron chi connectivity index (χ3n) is 4.58. The van der Waals surface area contributed by atoms with Crippen LogP contribution in [0.25, 0.3) is 17.4 Å². The van der Waals surface area contributed by atoms with Gasteiger partial charge in [-0.25, -0.2) is 4.79 Å². The third-order valence-corrected chi connectivity index (χ3v) is 4.58. The van der Waals surface area contributed by atoms with Crippen LogP contribution in [0.1, 0.15) is 36.9 Å². The monoisotopic (exact) mass is 404 g/mol. The number of nitriles is 1. The number of furan rings is 1. The van der Waals surface area contributed by atoms with Crippen molar-refractivity contribution in [2.75, 3.05) is 7.05 Å². The van der Waals surface area contributed by atoms with Crippen molar-refractivity contribution in [3.8, 4) is 17.4 Å². The van der Waals surface area contributed by atoms with Gasteiger partial charge in [0.2, 0.25) is 0 Å². The molecule has 30 heavy (non-hydrogen) atoms. The Morgan fingerprint density at radius 2 is 1.93 bits per heavy atom. The number of ether oxygens (including phenoxy) is 1. The molecule has 0 spiro atoms. The zero-order valence-corrected chi connectivity index (χ0v) is 17.1. The van der Waals surface area contributed by atoms with Crippen molar-refractivity contribution >= 4 is 23.9 Å².